The minimum absolute atomic E-state index is 0.135. The lowest BCUT2D eigenvalue weighted by Crippen LogP contribution is -2.17. The molecule has 0 saturated heterocycles. The van der Waals surface area contributed by atoms with Crippen molar-refractivity contribution in [2.45, 2.75) is 18.6 Å². The molecule has 0 fully saturated rings. The number of fused-ring (bicyclic) bond motifs is 1. The van der Waals surface area contributed by atoms with Crippen LogP contribution in [0.5, 0.6) is 0 Å². The highest BCUT2D eigenvalue weighted by molar-refractivity contribution is 5.97. The number of rotatable bonds is 4. The number of aliphatic hydroxyl groups is 2. The molecule has 0 saturated carbocycles. The molecule has 2 aromatic rings. The van der Waals surface area contributed by atoms with Gasteiger partial charge in [-0.1, -0.05) is 12.1 Å². The minimum Gasteiger partial charge on any atom is -0.389 e. The zero-order valence-electron chi connectivity index (χ0n) is 9.50. The van der Waals surface area contributed by atoms with E-state index in [-0.39, 0.29) is 6.42 Å². The van der Waals surface area contributed by atoms with Crippen LogP contribution in [-0.2, 0) is 0 Å². The van der Waals surface area contributed by atoms with Crippen molar-refractivity contribution in [1.82, 2.24) is 4.98 Å². The van der Waals surface area contributed by atoms with Gasteiger partial charge in [-0.25, -0.2) is 0 Å². The van der Waals surface area contributed by atoms with Crippen LogP contribution in [0.3, 0.4) is 0 Å². The lowest BCUT2D eigenvalue weighted by atomic mass is 10.0. The fourth-order valence-electron chi connectivity index (χ4n) is 1.88. The van der Waals surface area contributed by atoms with Gasteiger partial charge in [0.15, 0.2) is 6.29 Å². The number of benzene rings is 1. The molecule has 18 heavy (non-hydrogen) atoms. The largest absolute Gasteiger partial charge is 0.389 e. The topological polar surface area (TPSA) is 97.1 Å². The van der Waals surface area contributed by atoms with Crippen LogP contribution in [0.25, 0.3) is 10.9 Å². The number of hydrogen-bond acceptors (Lipinski definition) is 4. The third kappa shape index (κ3) is 2.12. The Balaban J connectivity index is 2.36. The molecule has 5 heteroatoms. The molecule has 1 aromatic heterocycles. The second kappa shape index (κ2) is 5.00. The van der Waals surface area contributed by atoms with Crippen molar-refractivity contribution in [2.24, 2.45) is 0 Å². The number of hydrogen-bond donors (Lipinski definition) is 3. The summed E-state index contributed by atoms with van der Waals surface area (Å²) in [5, 5.41) is 28.6. The Labute approximate surface area is 103 Å². The molecule has 0 spiro atoms. The first-order valence-corrected chi connectivity index (χ1v) is 5.46. The summed E-state index contributed by atoms with van der Waals surface area (Å²) in [6.07, 6.45) is -0.0346. The van der Waals surface area contributed by atoms with Crippen molar-refractivity contribution in [3.8, 4) is 6.07 Å². The molecule has 0 aliphatic rings. The molecule has 3 N–H and O–H groups in total. The predicted octanol–water partition coefficient (Wildman–Crippen LogP) is 1.29. The SMILES string of the molecule is N#CCC(O)C(O)c1ccc2c(C=O)c[nH]c2c1. The molecule has 0 bridgehead atoms. The lowest BCUT2D eigenvalue weighted by Gasteiger charge is -2.15. The van der Waals surface area contributed by atoms with Gasteiger partial charge in [0, 0.05) is 22.7 Å². The summed E-state index contributed by atoms with van der Waals surface area (Å²) in [4.78, 5) is 13.7. The minimum atomic E-state index is -1.12. The van der Waals surface area contributed by atoms with E-state index >= 15 is 0 Å². The Bertz CT molecular complexity index is 612. The molecule has 0 radical (unpaired) electrons. The number of aromatic nitrogens is 1. The summed E-state index contributed by atoms with van der Waals surface area (Å²) in [6.45, 7) is 0. The van der Waals surface area contributed by atoms with Gasteiger partial charge >= 0.3 is 0 Å². The molecule has 92 valence electrons. The molecule has 0 aliphatic heterocycles. The van der Waals surface area contributed by atoms with Gasteiger partial charge in [-0.15, -0.1) is 0 Å². The van der Waals surface area contributed by atoms with Gasteiger partial charge in [-0.3, -0.25) is 4.79 Å². The van der Waals surface area contributed by atoms with Crippen LogP contribution in [0.2, 0.25) is 0 Å². The van der Waals surface area contributed by atoms with Crippen LogP contribution >= 0.6 is 0 Å². The molecule has 2 rings (SSSR count). The van der Waals surface area contributed by atoms with Gasteiger partial charge < -0.3 is 15.2 Å². The van der Waals surface area contributed by atoms with Gasteiger partial charge in [-0.2, -0.15) is 5.26 Å². The maximum absolute atomic E-state index is 10.7. The van der Waals surface area contributed by atoms with E-state index in [0.29, 0.717) is 16.6 Å². The van der Waals surface area contributed by atoms with Crippen LogP contribution in [0, 0.1) is 11.3 Å². The summed E-state index contributed by atoms with van der Waals surface area (Å²) < 4.78 is 0. The van der Waals surface area contributed by atoms with E-state index in [2.05, 4.69) is 4.98 Å². The lowest BCUT2D eigenvalue weighted by molar-refractivity contribution is 0.0217. The highest BCUT2D eigenvalue weighted by atomic mass is 16.3. The normalized spacial score (nSPS) is 14.1. The second-order valence-electron chi connectivity index (χ2n) is 4.04. The standard InChI is InChI=1S/C13H12N2O3/c14-4-3-12(17)13(18)8-1-2-10-9(7-16)6-15-11(10)5-8/h1-2,5-7,12-13,15,17-18H,3H2. The number of aliphatic hydroxyl groups excluding tert-OH is 2. The summed E-state index contributed by atoms with van der Waals surface area (Å²) in [6, 6.07) is 6.80. The van der Waals surface area contributed by atoms with E-state index in [9.17, 15) is 15.0 Å². The molecular weight excluding hydrogens is 232 g/mol. The Morgan fingerprint density at radius 1 is 1.44 bits per heavy atom. The average Bonchev–Trinajstić information content (AvgIpc) is 2.80. The van der Waals surface area contributed by atoms with Gasteiger partial charge in [0.25, 0.3) is 0 Å². The maximum atomic E-state index is 10.7. The number of H-pyrrole nitrogens is 1. The Morgan fingerprint density at radius 3 is 2.89 bits per heavy atom. The monoisotopic (exact) mass is 244 g/mol. The molecule has 0 amide bonds. The van der Waals surface area contributed by atoms with E-state index in [1.54, 1.807) is 30.5 Å². The molecular formula is C13H12N2O3. The van der Waals surface area contributed by atoms with Gasteiger partial charge in [0.1, 0.15) is 6.10 Å². The quantitative estimate of drug-likeness (QED) is 0.706. The second-order valence-corrected chi connectivity index (χ2v) is 4.04. The third-order valence-corrected chi connectivity index (χ3v) is 2.87. The van der Waals surface area contributed by atoms with Crippen molar-refractivity contribution >= 4 is 17.2 Å². The Hall–Kier alpha value is -2.16. The average molecular weight is 244 g/mol. The number of carbonyl (C=O) groups excluding carboxylic acids is 1. The first-order valence-electron chi connectivity index (χ1n) is 5.46. The predicted molar refractivity (Wildman–Crippen MR) is 64.9 cm³/mol. The first kappa shape index (κ1) is 12.3. The number of nitrogens with one attached hydrogen (secondary N) is 1. The fraction of sp³-hybridized carbons (Fsp3) is 0.231. The van der Waals surface area contributed by atoms with Gasteiger partial charge in [-0.05, 0) is 11.6 Å². The van der Waals surface area contributed by atoms with Crippen molar-refractivity contribution < 1.29 is 15.0 Å². The number of nitrogens with zero attached hydrogens (tertiary/aromatic N) is 1. The highest BCUT2D eigenvalue weighted by Crippen LogP contribution is 2.24. The van der Waals surface area contributed by atoms with Crippen molar-refractivity contribution in [2.75, 3.05) is 0 Å². The molecule has 0 aliphatic carbocycles. The van der Waals surface area contributed by atoms with Gasteiger partial charge in [0.05, 0.1) is 18.6 Å². The van der Waals surface area contributed by atoms with E-state index in [4.69, 9.17) is 5.26 Å². The maximum Gasteiger partial charge on any atom is 0.152 e. The highest BCUT2D eigenvalue weighted by Gasteiger charge is 2.18. The Kier molecular flexibility index (Phi) is 3.42. The number of aromatic amines is 1. The van der Waals surface area contributed by atoms with Crippen molar-refractivity contribution in [1.29, 1.82) is 5.26 Å². The summed E-state index contributed by atoms with van der Waals surface area (Å²) in [5.41, 5.74) is 1.76. The van der Waals surface area contributed by atoms with E-state index in [1.807, 2.05) is 0 Å². The number of nitriles is 1. The van der Waals surface area contributed by atoms with Crippen LogP contribution in [-0.4, -0.2) is 27.6 Å². The first-order chi connectivity index (χ1) is 8.67. The van der Waals surface area contributed by atoms with E-state index in [1.165, 1.54) is 0 Å². The van der Waals surface area contributed by atoms with Crippen LogP contribution in [0.15, 0.2) is 24.4 Å². The third-order valence-electron chi connectivity index (χ3n) is 2.87. The molecule has 2 atom stereocenters. The van der Waals surface area contributed by atoms with Crippen LogP contribution in [0.4, 0.5) is 0 Å². The van der Waals surface area contributed by atoms with E-state index in [0.717, 1.165) is 11.7 Å². The number of carbonyl (C=O) groups is 1. The molecule has 1 heterocycles. The van der Waals surface area contributed by atoms with E-state index < -0.39 is 12.2 Å². The van der Waals surface area contributed by atoms with Crippen molar-refractivity contribution in [3.63, 3.8) is 0 Å². The summed E-state index contributed by atoms with van der Waals surface area (Å²) in [5.74, 6) is 0. The smallest absolute Gasteiger partial charge is 0.152 e. The summed E-state index contributed by atoms with van der Waals surface area (Å²) in [7, 11) is 0. The van der Waals surface area contributed by atoms with Crippen molar-refractivity contribution in [3.05, 3.63) is 35.5 Å². The molecule has 5 nitrogen and oxygen atoms in total. The van der Waals surface area contributed by atoms with Crippen LogP contribution < -0.4 is 0 Å². The fourth-order valence-corrected chi connectivity index (χ4v) is 1.88. The zero-order valence-corrected chi connectivity index (χ0v) is 9.50. The zero-order chi connectivity index (χ0) is 13.1. The Morgan fingerprint density at radius 2 is 2.22 bits per heavy atom. The molecule has 1 aromatic carbocycles. The van der Waals surface area contributed by atoms with Gasteiger partial charge in [0.2, 0.25) is 0 Å². The number of aldehydes is 1. The van der Waals surface area contributed by atoms with Crippen LogP contribution in [0.1, 0.15) is 28.4 Å². The molecule has 2 unspecified atom stereocenters. The summed E-state index contributed by atoms with van der Waals surface area (Å²) >= 11 is 0.